The van der Waals surface area contributed by atoms with E-state index in [0.29, 0.717) is 0 Å². The first kappa shape index (κ1) is 14.5. The average molecular weight is 295 g/mol. The molecule has 2 N–H and O–H groups in total. The standard InChI is InChI=1S/C12H17N5O2S/c1-9(12-16-14-8-17(12)3)15-10-4-6-11(7-5-10)20(18,19)13-2/h4-9,13,15H,1-3H3. The predicted octanol–water partition coefficient (Wildman–Crippen LogP) is 0.896. The molecule has 20 heavy (non-hydrogen) atoms. The largest absolute Gasteiger partial charge is 0.375 e. The third-order valence-electron chi connectivity index (χ3n) is 2.95. The van der Waals surface area contributed by atoms with E-state index in [1.807, 2.05) is 18.5 Å². The normalized spacial score (nSPS) is 13.2. The van der Waals surface area contributed by atoms with E-state index >= 15 is 0 Å². The smallest absolute Gasteiger partial charge is 0.240 e. The molecule has 0 aliphatic carbocycles. The summed E-state index contributed by atoms with van der Waals surface area (Å²) in [6.07, 6.45) is 1.64. The van der Waals surface area contributed by atoms with Gasteiger partial charge in [0.15, 0.2) is 5.82 Å². The van der Waals surface area contributed by atoms with Gasteiger partial charge in [-0.2, -0.15) is 0 Å². The lowest BCUT2D eigenvalue weighted by molar-refractivity contribution is 0.588. The molecule has 7 nitrogen and oxygen atoms in total. The van der Waals surface area contributed by atoms with Crippen LogP contribution in [0.1, 0.15) is 18.8 Å². The van der Waals surface area contributed by atoms with E-state index in [-0.39, 0.29) is 10.9 Å². The summed E-state index contributed by atoms with van der Waals surface area (Å²) in [7, 11) is -0.140. The van der Waals surface area contributed by atoms with Crippen LogP contribution in [-0.2, 0) is 17.1 Å². The third-order valence-corrected chi connectivity index (χ3v) is 4.38. The molecule has 2 rings (SSSR count). The number of nitrogens with zero attached hydrogens (tertiary/aromatic N) is 3. The number of aryl methyl sites for hydroxylation is 1. The fourth-order valence-corrected chi connectivity index (χ4v) is 2.58. The quantitative estimate of drug-likeness (QED) is 0.855. The lowest BCUT2D eigenvalue weighted by Crippen LogP contribution is -2.18. The molecule has 0 amide bonds. The van der Waals surface area contributed by atoms with Crippen LogP contribution in [0.15, 0.2) is 35.5 Å². The summed E-state index contributed by atoms with van der Waals surface area (Å²) in [5.41, 5.74) is 0.815. The third kappa shape index (κ3) is 2.97. The number of benzene rings is 1. The van der Waals surface area contributed by atoms with Gasteiger partial charge in [-0.05, 0) is 38.2 Å². The maximum absolute atomic E-state index is 11.6. The minimum absolute atomic E-state index is 0.0331. The van der Waals surface area contributed by atoms with Crippen LogP contribution in [0, 0.1) is 0 Å². The molecule has 1 aromatic carbocycles. The van der Waals surface area contributed by atoms with Crippen LogP contribution in [0.25, 0.3) is 0 Å². The second-order valence-corrected chi connectivity index (χ2v) is 6.28. The van der Waals surface area contributed by atoms with Crippen LogP contribution < -0.4 is 10.0 Å². The maximum Gasteiger partial charge on any atom is 0.240 e. The van der Waals surface area contributed by atoms with Crippen molar-refractivity contribution >= 4 is 15.7 Å². The van der Waals surface area contributed by atoms with Crippen LogP contribution in [-0.4, -0.2) is 30.2 Å². The topological polar surface area (TPSA) is 88.9 Å². The van der Waals surface area contributed by atoms with Crippen LogP contribution >= 0.6 is 0 Å². The lowest BCUT2D eigenvalue weighted by Gasteiger charge is -2.14. The maximum atomic E-state index is 11.6. The summed E-state index contributed by atoms with van der Waals surface area (Å²) >= 11 is 0. The van der Waals surface area contributed by atoms with Crippen molar-refractivity contribution in [1.82, 2.24) is 19.5 Å². The van der Waals surface area contributed by atoms with Crippen molar-refractivity contribution in [1.29, 1.82) is 0 Å². The highest BCUT2D eigenvalue weighted by molar-refractivity contribution is 7.89. The summed E-state index contributed by atoms with van der Waals surface area (Å²) in [4.78, 5) is 0.233. The Morgan fingerprint density at radius 2 is 1.90 bits per heavy atom. The van der Waals surface area contributed by atoms with Gasteiger partial charge in [0.1, 0.15) is 6.33 Å². The van der Waals surface area contributed by atoms with Crippen LogP contribution in [0.3, 0.4) is 0 Å². The lowest BCUT2D eigenvalue weighted by atomic mass is 10.2. The number of nitrogens with one attached hydrogen (secondary N) is 2. The number of aromatic nitrogens is 3. The van der Waals surface area contributed by atoms with E-state index in [2.05, 4.69) is 20.2 Å². The molecule has 0 fully saturated rings. The SMILES string of the molecule is CNS(=O)(=O)c1ccc(NC(C)c2nncn2C)cc1. The fraction of sp³-hybridized carbons (Fsp3) is 0.333. The van der Waals surface area contributed by atoms with Gasteiger partial charge in [-0.15, -0.1) is 10.2 Å². The molecule has 1 heterocycles. The van der Waals surface area contributed by atoms with Crippen molar-refractivity contribution in [2.24, 2.45) is 7.05 Å². The van der Waals surface area contributed by atoms with Crippen molar-refractivity contribution in [3.8, 4) is 0 Å². The van der Waals surface area contributed by atoms with Crippen molar-refractivity contribution in [3.05, 3.63) is 36.4 Å². The minimum atomic E-state index is -3.40. The van der Waals surface area contributed by atoms with Gasteiger partial charge in [-0.25, -0.2) is 13.1 Å². The molecule has 0 radical (unpaired) electrons. The Balaban J connectivity index is 2.14. The summed E-state index contributed by atoms with van der Waals surface area (Å²) in [5.74, 6) is 0.803. The molecule has 0 saturated carbocycles. The summed E-state index contributed by atoms with van der Waals surface area (Å²) in [5, 5.41) is 11.1. The van der Waals surface area contributed by atoms with E-state index in [1.165, 1.54) is 7.05 Å². The molecule has 0 aliphatic heterocycles. The number of sulfonamides is 1. The van der Waals surface area contributed by atoms with Gasteiger partial charge in [0.2, 0.25) is 10.0 Å². The van der Waals surface area contributed by atoms with Crippen molar-refractivity contribution in [2.45, 2.75) is 17.9 Å². The van der Waals surface area contributed by atoms with E-state index < -0.39 is 10.0 Å². The molecule has 1 aromatic heterocycles. The van der Waals surface area contributed by atoms with Gasteiger partial charge in [-0.1, -0.05) is 0 Å². The number of rotatable bonds is 5. The van der Waals surface area contributed by atoms with Crippen LogP contribution in [0.5, 0.6) is 0 Å². The predicted molar refractivity (Wildman–Crippen MR) is 75.7 cm³/mol. The molecule has 2 aromatic rings. The molecule has 108 valence electrons. The first-order valence-electron chi connectivity index (χ1n) is 6.08. The molecular formula is C12H17N5O2S. The monoisotopic (exact) mass is 295 g/mol. The molecule has 1 atom stereocenters. The first-order chi connectivity index (χ1) is 9.44. The van der Waals surface area contributed by atoms with Gasteiger partial charge in [0.25, 0.3) is 0 Å². The van der Waals surface area contributed by atoms with E-state index in [0.717, 1.165) is 11.5 Å². The Bertz CT molecular complexity index is 678. The minimum Gasteiger partial charge on any atom is -0.375 e. The van der Waals surface area contributed by atoms with E-state index in [1.54, 1.807) is 30.6 Å². The van der Waals surface area contributed by atoms with Crippen LogP contribution in [0.4, 0.5) is 5.69 Å². The number of hydrogen-bond acceptors (Lipinski definition) is 5. The number of hydrogen-bond donors (Lipinski definition) is 2. The van der Waals surface area contributed by atoms with Crippen molar-refractivity contribution in [2.75, 3.05) is 12.4 Å². The zero-order valence-corrected chi connectivity index (χ0v) is 12.3. The number of anilines is 1. The Hall–Kier alpha value is -1.93. The molecule has 0 aliphatic rings. The van der Waals surface area contributed by atoms with Gasteiger partial charge in [0.05, 0.1) is 10.9 Å². The Morgan fingerprint density at radius 1 is 1.25 bits per heavy atom. The van der Waals surface area contributed by atoms with Crippen LogP contribution in [0.2, 0.25) is 0 Å². The Kier molecular flexibility index (Phi) is 4.05. The molecular weight excluding hydrogens is 278 g/mol. The highest BCUT2D eigenvalue weighted by Crippen LogP contribution is 2.19. The van der Waals surface area contributed by atoms with Gasteiger partial charge in [-0.3, -0.25) is 0 Å². The summed E-state index contributed by atoms with van der Waals surface area (Å²) in [6, 6.07) is 6.51. The van der Waals surface area contributed by atoms with Crippen molar-refractivity contribution in [3.63, 3.8) is 0 Å². The summed E-state index contributed by atoms with van der Waals surface area (Å²) < 4.78 is 27.3. The molecule has 1 unspecified atom stereocenters. The second-order valence-electron chi connectivity index (χ2n) is 4.40. The molecule has 8 heteroatoms. The second kappa shape index (κ2) is 5.59. The first-order valence-corrected chi connectivity index (χ1v) is 7.56. The average Bonchev–Trinajstić information content (AvgIpc) is 2.85. The van der Waals surface area contributed by atoms with Gasteiger partial charge in [0, 0.05) is 12.7 Å². The molecule has 0 bridgehead atoms. The van der Waals surface area contributed by atoms with Crippen molar-refractivity contribution < 1.29 is 8.42 Å². The molecule has 0 saturated heterocycles. The summed E-state index contributed by atoms with van der Waals surface area (Å²) in [6.45, 7) is 1.96. The van der Waals surface area contributed by atoms with Gasteiger partial charge < -0.3 is 9.88 Å². The highest BCUT2D eigenvalue weighted by Gasteiger charge is 2.13. The van der Waals surface area contributed by atoms with Gasteiger partial charge >= 0.3 is 0 Å². The van der Waals surface area contributed by atoms with E-state index in [9.17, 15) is 8.42 Å². The molecule has 0 spiro atoms. The Morgan fingerprint density at radius 3 is 2.40 bits per heavy atom. The fourth-order valence-electron chi connectivity index (χ4n) is 1.85. The highest BCUT2D eigenvalue weighted by atomic mass is 32.2. The Labute approximate surface area is 118 Å². The zero-order chi connectivity index (χ0) is 14.8. The zero-order valence-electron chi connectivity index (χ0n) is 11.5. The van der Waals surface area contributed by atoms with E-state index in [4.69, 9.17) is 0 Å².